The Labute approximate surface area is 260 Å². The molecule has 9 nitrogen and oxygen atoms in total. The standard InChI is InChI=1S/C35H35FN4O5/c36-27-19-24(40(23-5-2-1-3-6-23)33(43)35(14-15-35)32(37)42)7-10-30(27)45-29-11-16-38-28-20-25(8-9-26(28)29)44-18-4-17-39-21-31(41)34(22-39)12-13-34/h1-3,5-11,16,19-20,31,41H,4,12-15,17-18,21-22H2,(H2,37,42). The summed E-state index contributed by atoms with van der Waals surface area (Å²) in [4.78, 5) is 33.8. The van der Waals surface area contributed by atoms with Crippen LogP contribution in [0.1, 0.15) is 32.1 Å². The zero-order chi connectivity index (χ0) is 31.2. The summed E-state index contributed by atoms with van der Waals surface area (Å²) in [6.45, 7) is 3.14. The van der Waals surface area contributed by atoms with Gasteiger partial charge in [0.2, 0.25) is 11.8 Å². The van der Waals surface area contributed by atoms with Crippen molar-refractivity contribution in [3.8, 4) is 17.2 Å². The number of fused-ring (bicyclic) bond motifs is 1. The van der Waals surface area contributed by atoms with Crippen LogP contribution in [0.15, 0.2) is 79.0 Å². The van der Waals surface area contributed by atoms with Crippen LogP contribution in [0.3, 0.4) is 0 Å². The molecule has 1 spiro atoms. The summed E-state index contributed by atoms with van der Waals surface area (Å²) in [5.41, 5.74) is 5.87. The van der Waals surface area contributed by atoms with Gasteiger partial charge in [0.25, 0.3) is 0 Å². The van der Waals surface area contributed by atoms with E-state index in [1.807, 2.05) is 24.3 Å². The van der Waals surface area contributed by atoms with E-state index in [2.05, 4.69) is 9.88 Å². The highest BCUT2D eigenvalue weighted by Crippen LogP contribution is 2.52. The van der Waals surface area contributed by atoms with E-state index in [0.717, 1.165) is 38.9 Å². The summed E-state index contributed by atoms with van der Waals surface area (Å²) < 4.78 is 27.6. The van der Waals surface area contributed by atoms with Crippen molar-refractivity contribution < 1.29 is 28.6 Å². The molecule has 1 saturated heterocycles. The summed E-state index contributed by atoms with van der Waals surface area (Å²) >= 11 is 0. The highest BCUT2D eigenvalue weighted by molar-refractivity contribution is 6.16. The number of para-hydroxylation sites is 1. The zero-order valence-electron chi connectivity index (χ0n) is 24.8. The SMILES string of the molecule is NC(=O)C1(C(=O)N(c2ccccc2)c2ccc(Oc3ccnc4cc(OCCCN5CC(O)C6(CC6)C5)ccc34)c(F)c2)CC1. The summed E-state index contributed by atoms with van der Waals surface area (Å²) in [5.74, 6) is -0.759. The smallest absolute Gasteiger partial charge is 0.247 e. The van der Waals surface area contributed by atoms with Crippen molar-refractivity contribution in [1.29, 1.82) is 0 Å². The van der Waals surface area contributed by atoms with Crippen molar-refractivity contribution in [3.05, 3.63) is 84.8 Å². The van der Waals surface area contributed by atoms with E-state index in [0.29, 0.717) is 47.5 Å². The summed E-state index contributed by atoms with van der Waals surface area (Å²) in [6.07, 6.45) is 5.21. The lowest BCUT2D eigenvalue weighted by Gasteiger charge is -2.26. The number of amides is 2. The normalized spacial score (nSPS) is 19.4. The number of primary amides is 1. The number of hydrogen-bond donors (Lipinski definition) is 2. The van der Waals surface area contributed by atoms with Crippen LogP contribution in [-0.4, -0.2) is 59.1 Å². The predicted octanol–water partition coefficient (Wildman–Crippen LogP) is 5.32. The molecule has 3 aliphatic rings. The van der Waals surface area contributed by atoms with E-state index in [-0.39, 0.29) is 23.0 Å². The van der Waals surface area contributed by atoms with E-state index >= 15 is 4.39 Å². The molecular formula is C35H35FN4O5. The van der Waals surface area contributed by atoms with Crippen LogP contribution in [0.25, 0.3) is 10.9 Å². The number of pyridine rings is 1. The molecule has 1 aromatic heterocycles. The molecule has 1 aliphatic heterocycles. The number of halogens is 1. The third kappa shape index (κ3) is 5.60. The lowest BCUT2D eigenvalue weighted by atomic mass is 10.0. The topological polar surface area (TPSA) is 118 Å². The molecule has 0 radical (unpaired) electrons. The fourth-order valence-corrected chi connectivity index (χ4v) is 6.33. The number of β-amino-alcohol motifs (C(OH)–C–C–N with tert-alkyl or cyclic N) is 1. The summed E-state index contributed by atoms with van der Waals surface area (Å²) in [5, 5.41) is 10.9. The minimum Gasteiger partial charge on any atom is -0.493 e. The second-order valence-corrected chi connectivity index (χ2v) is 12.4. The van der Waals surface area contributed by atoms with E-state index in [9.17, 15) is 14.7 Å². The van der Waals surface area contributed by atoms with Crippen molar-refractivity contribution in [2.24, 2.45) is 16.6 Å². The van der Waals surface area contributed by atoms with Crippen molar-refractivity contribution in [2.45, 2.75) is 38.2 Å². The average molecular weight is 611 g/mol. The average Bonchev–Trinajstić information content (AvgIpc) is 3.96. The number of nitrogens with zero attached hydrogens (tertiary/aromatic N) is 3. The molecule has 2 aliphatic carbocycles. The number of nitrogens with two attached hydrogens (primary N) is 1. The molecule has 7 rings (SSSR count). The van der Waals surface area contributed by atoms with Gasteiger partial charge in [0.05, 0.1) is 23.9 Å². The Kier molecular flexibility index (Phi) is 7.41. The number of aliphatic hydroxyl groups is 1. The molecule has 0 bridgehead atoms. The maximum absolute atomic E-state index is 15.6. The van der Waals surface area contributed by atoms with Crippen LogP contribution in [0.5, 0.6) is 17.2 Å². The zero-order valence-corrected chi connectivity index (χ0v) is 24.8. The molecule has 45 heavy (non-hydrogen) atoms. The Hall–Kier alpha value is -4.54. The maximum atomic E-state index is 15.6. The number of aliphatic hydroxyl groups excluding tert-OH is 1. The van der Waals surface area contributed by atoms with Crippen molar-refractivity contribution in [2.75, 3.05) is 31.1 Å². The van der Waals surface area contributed by atoms with E-state index in [1.165, 1.54) is 17.0 Å². The summed E-state index contributed by atoms with van der Waals surface area (Å²) in [6, 6.07) is 20.2. The molecular weight excluding hydrogens is 575 g/mol. The lowest BCUT2D eigenvalue weighted by Crippen LogP contribution is -2.41. The number of ether oxygens (including phenoxy) is 2. The highest BCUT2D eigenvalue weighted by atomic mass is 19.1. The van der Waals surface area contributed by atoms with Gasteiger partial charge in [-0.1, -0.05) is 18.2 Å². The largest absolute Gasteiger partial charge is 0.493 e. The molecule has 1 atom stereocenters. The van der Waals surface area contributed by atoms with Gasteiger partial charge in [-0.25, -0.2) is 4.39 Å². The first-order valence-electron chi connectivity index (χ1n) is 15.4. The lowest BCUT2D eigenvalue weighted by molar-refractivity contribution is -0.133. The third-order valence-corrected chi connectivity index (χ3v) is 9.37. The number of likely N-dealkylation sites (tertiary alicyclic amines) is 1. The minimum atomic E-state index is -1.28. The number of benzene rings is 3. The van der Waals surface area contributed by atoms with Crippen LogP contribution in [0, 0.1) is 16.6 Å². The Bertz CT molecular complexity index is 1760. The van der Waals surface area contributed by atoms with E-state index in [1.54, 1.807) is 42.6 Å². The van der Waals surface area contributed by atoms with Crippen LogP contribution < -0.4 is 20.1 Å². The van der Waals surface area contributed by atoms with Crippen molar-refractivity contribution in [3.63, 3.8) is 0 Å². The molecule has 232 valence electrons. The van der Waals surface area contributed by atoms with Gasteiger partial charge in [0.15, 0.2) is 11.6 Å². The van der Waals surface area contributed by atoms with Crippen LogP contribution in [0.4, 0.5) is 15.8 Å². The van der Waals surface area contributed by atoms with Gasteiger partial charge in [-0.15, -0.1) is 0 Å². The molecule has 10 heteroatoms. The molecule has 3 fully saturated rings. The molecule has 4 aromatic rings. The van der Waals surface area contributed by atoms with Gasteiger partial charge in [-0.05, 0) is 74.6 Å². The molecule has 1 unspecified atom stereocenters. The maximum Gasteiger partial charge on any atom is 0.247 e. The fraction of sp³-hybridized carbons (Fsp3) is 0.343. The van der Waals surface area contributed by atoms with Gasteiger partial charge in [0.1, 0.15) is 16.9 Å². The van der Waals surface area contributed by atoms with Gasteiger partial charge in [-0.2, -0.15) is 0 Å². The number of hydrogen-bond acceptors (Lipinski definition) is 7. The van der Waals surface area contributed by atoms with E-state index < -0.39 is 23.0 Å². The van der Waals surface area contributed by atoms with Gasteiger partial charge in [0, 0.05) is 54.5 Å². The molecule has 2 saturated carbocycles. The van der Waals surface area contributed by atoms with Gasteiger partial charge >= 0.3 is 0 Å². The second kappa shape index (κ2) is 11.4. The monoisotopic (exact) mass is 610 g/mol. The molecule has 3 aromatic carbocycles. The first kappa shape index (κ1) is 29.2. The fourth-order valence-electron chi connectivity index (χ4n) is 6.33. The van der Waals surface area contributed by atoms with Gasteiger partial charge < -0.3 is 20.3 Å². The summed E-state index contributed by atoms with van der Waals surface area (Å²) in [7, 11) is 0. The molecule has 2 amide bonds. The quantitative estimate of drug-likeness (QED) is 0.174. The van der Waals surface area contributed by atoms with E-state index in [4.69, 9.17) is 15.2 Å². The first-order valence-corrected chi connectivity index (χ1v) is 15.4. The number of rotatable bonds is 11. The van der Waals surface area contributed by atoms with Crippen LogP contribution in [-0.2, 0) is 9.59 Å². The second-order valence-electron chi connectivity index (χ2n) is 12.4. The number of carbonyl (C=O) groups excluding carboxylic acids is 2. The van der Waals surface area contributed by atoms with Crippen LogP contribution >= 0.6 is 0 Å². The Morgan fingerprint density at radius 1 is 1.00 bits per heavy atom. The highest BCUT2D eigenvalue weighted by Gasteiger charge is 2.57. The van der Waals surface area contributed by atoms with Crippen LogP contribution in [0.2, 0.25) is 0 Å². The van der Waals surface area contributed by atoms with Crippen molar-refractivity contribution >= 4 is 34.1 Å². The Morgan fingerprint density at radius 2 is 1.80 bits per heavy atom. The first-order chi connectivity index (χ1) is 21.8. The Morgan fingerprint density at radius 3 is 2.49 bits per heavy atom. The Balaban J connectivity index is 1.04. The van der Waals surface area contributed by atoms with Gasteiger partial charge in [-0.3, -0.25) is 24.4 Å². The number of aromatic nitrogens is 1. The van der Waals surface area contributed by atoms with Crippen molar-refractivity contribution in [1.82, 2.24) is 9.88 Å². The number of carbonyl (C=O) groups is 2. The minimum absolute atomic E-state index is 0.0249. The molecule has 3 N–H and O–H groups in total. The number of anilines is 2. The molecule has 2 heterocycles. The third-order valence-electron chi connectivity index (χ3n) is 9.37. The predicted molar refractivity (Wildman–Crippen MR) is 167 cm³/mol.